The smallest absolute Gasteiger partial charge is 0.0677 e. The molecule has 90 valence electrons. The normalized spacial score (nSPS) is 24.1. The molecule has 0 spiro atoms. The van der Waals surface area contributed by atoms with Gasteiger partial charge in [0.05, 0.1) is 17.7 Å². The summed E-state index contributed by atoms with van der Waals surface area (Å²) in [6.07, 6.45) is 4.47. The van der Waals surface area contributed by atoms with Gasteiger partial charge >= 0.3 is 0 Å². The van der Waals surface area contributed by atoms with Crippen LogP contribution in [0.15, 0.2) is 27.1 Å². The molecular formula is C13H14Br2N2. The van der Waals surface area contributed by atoms with Gasteiger partial charge in [-0.15, -0.1) is 0 Å². The number of hydrogen-bond donors (Lipinski definition) is 1. The molecule has 0 amide bonds. The largest absolute Gasteiger partial charge is 0.379 e. The Balaban J connectivity index is 2.17. The van der Waals surface area contributed by atoms with Gasteiger partial charge in [-0.3, -0.25) is 0 Å². The first-order valence-electron chi connectivity index (χ1n) is 5.82. The fourth-order valence-electron chi connectivity index (χ4n) is 2.28. The Morgan fingerprint density at radius 2 is 1.82 bits per heavy atom. The van der Waals surface area contributed by atoms with Gasteiger partial charge in [-0.25, -0.2) is 0 Å². The molecule has 2 unspecified atom stereocenters. The van der Waals surface area contributed by atoms with Crippen LogP contribution in [0, 0.1) is 17.2 Å². The van der Waals surface area contributed by atoms with E-state index in [0.717, 1.165) is 27.5 Å². The van der Waals surface area contributed by atoms with Crippen molar-refractivity contribution < 1.29 is 0 Å². The van der Waals surface area contributed by atoms with Crippen LogP contribution in [0.5, 0.6) is 0 Å². The van der Waals surface area contributed by atoms with Crippen LogP contribution < -0.4 is 5.32 Å². The summed E-state index contributed by atoms with van der Waals surface area (Å²) in [7, 11) is 0. The fourth-order valence-corrected chi connectivity index (χ4v) is 3.51. The summed E-state index contributed by atoms with van der Waals surface area (Å²) >= 11 is 7.08. The third-order valence-electron chi connectivity index (χ3n) is 3.22. The van der Waals surface area contributed by atoms with Gasteiger partial charge < -0.3 is 5.32 Å². The predicted octanol–water partition coefficient (Wildman–Crippen LogP) is 4.71. The highest BCUT2D eigenvalue weighted by Gasteiger charge is 2.25. The molecule has 1 saturated carbocycles. The molecular weight excluding hydrogens is 344 g/mol. The standard InChI is InChI=1S/C13H14Br2N2/c14-10-5-3-6-11(15)13(10)17-12-7-2-1-4-9(12)8-16/h3,5-6,9,12,17H,1-2,4,7H2. The average molecular weight is 358 g/mol. The molecule has 0 bridgehead atoms. The van der Waals surface area contributed by atoms with Crippen molar-refractivity contribution in [2.24, 2.45) is 5.92 Å². The first-order valence-corrected chi connectivity index (χ1v) is 7.41. The summed E-state index contributed by atoms with van der Waals surface area (Å²) in [6.45, 7) is 0. The molecule has 0 aromatic heterocycles. The lowest BCUT2D eigenvalue weighted by molar-refractivity contribution is 0.388. The monoisotopic (exact) mass is 356 g/mol. The highest BCUT2D eigenvalue weighted by molar-refractivity contribution is 9.11. The second-order valence-electron chi connectivity index (χ2n) is 4.37. The number of rotatable bonds is 2. The lowest BCUT2D eigenvalue weighted by Crippen LogP contribution is -2.31. The van der Waals surface area contributed by atoms with Crippen LogP contribution in [0.4, 0.5) is 5.69 Å². The molecule has 1 fully saturated rings. The zero-order valence-electron chi connectivity index (χ0n) is 9.42. The number of para-hydroxylation sites is 1. The van der Waals surface area contributed by atoms with Gasteiger partial charge in [-0.1, -0.05) is 18.9 Å². The second-order valence-corrected chi connectivity index (χ2v) is 6.08. The molecule has 0 radical (unpaired) electrons. The second kappa shape index (κ2) is 5.88. The highest BCUT2D eigenvalue weighted by atomic mass is 79.9. The Hall–Kier alpha value is -0.530. The van der Waals surface area contributed by atoms with Crippen LogP contribution in [-0.4, -0.2) is 6.04 Å². The van der Waals surface area contributed by atoms with E-state index in [4.69, 9.17) is 5.26 Å². The Morgan fingerprint density at radius 1 is 1.18 bits per heavy atom. The van der Waals surface area contributed by atoms with Gasteiger partial charge in [0.25, 0.3) is 0 Å². The molecule has 1 aliphatic carbocycles. The minimum atomic E-state index is 0.128. The number of anilines is 1. The zero-order valence-corrected chi connectivity index (χ0v) is 12.6. The van der Waals surface area contributed by atoms with Crippen LogP contribution in [0.25, 0.3) is 0 Å². The lowest BCUT2D eigenvalue weighted by Gasteiger charge is -2.29. The first kappa shape index (κ1) is 12.9. The lowest BCUT2D eigenvalue weighted by atomic mass is 9.85. The van der Waals surface area contributed by atoms with Gasteiger partial charge in [-0.05, 0) is 56.8 Å². The van der Waals surface area contributed by atoms with Crippen molar-refractivity contribution in [1.29, 1.82) is 5.26 Å². The van der Waals surface area contributed by atoms with Crippen molar-refractivity contribution in [2.75, 3.05) is 5.32 Å². The molecule has 0 saturated heterocycles. The third-order valence-corrected chi connectivity index (χ3v) is 4.55. The molecule has 1 aromatic carbocycles. The van der Waals surface area contributed by atoms with Crippen molar-refractivity contribution >= 4 is 37.5 Å². The number of hydrogen-bond acceptors (Lipinski definition) is 2. The van der Waals surface area contributed by atoms with E-state index in [0.29, 0.717) is 0 Å². The SMILES string of the molecule is N#CC1CCCCC1Nc1c(Br)cccc1Br. The van der Waals surface area contributed by atoms with Crippen LogP contribution in [-0.2, 0) is 0 Å². The number of nitrogens with one attached hydrogen (secondary N) is 1. The summed E-state index contributed by atoms with van der Waals surface area (Å²) in [5.74, 6) is 0.128. The molecule has 2 nitrogen and oxygen atoms in total. The minimum Gasteiger partial charge on any atom is -0.379 e. The fraction of sp³-hybridized carbons (Fsp3) is 0.462. The summed E-state index contributed by atoms with van der Waals surface area (Å²) in [6, 6.07) is 8.70. The molecule has 4 heteroatoms. The number of halogens is 2. The summed E-state index contributed by atoms with van der Waals surface area (Å²) in [5, 5.41) is 12.7. The van der Waals surface area contributed by atoms with E-state index in [1.54, 1.807) is 0 Å². The van der Waals surface area contributed by atoms with Crippen molar-refractivity contribution in [3.63, 3.8) is 0 Å². The summed E-state index contributed by atoms with van der Waals surface area (Å²) < 4.78 is 2.07. The van der Waals surface area contributed by atoms with E-state index in [1.807, 2.05) is 18.2 Å². The Bertz CT molecular complexity index is 419. The molecule has 1 aromatic rings. The third kappa shape index (κ3) is 3.02. The Morgan fingerprint density at radius 3 is 2.47 bits per heavy atom. The van der Waals surface area contributed by atoms with Crippen molar-refractivity contribution in [1.82, 2.24) is 0 Å². The number of nitriles is 1. The Kier molecular flexibility index (Phi) is 4.47. The summed E-state index contributed by atoms with van der Waals surface area (Å²) in [4.78, 5) is 0. The predicted molar refractivity (Wildman–Crippen MR) is 76.8 cm³/mol. The van der Waals surface area contributed by atoms with Gasteiger partial charge in [0, 0.05) is 15.0 Å². The maximum Gasteiger partial charge on any atom is 0.0677 e. The van der Waals surface area contributed by atoms with E-state index >= 15 is 0 Å². The van der Waals surface area contributed by atoms with Crippen molar-refractivity contribution in [3.8, 4) is 6.07 Å². The molecule has 2 rings (SSSR count). The molecule has 1 N–H and O–H groups in total. The topological polar surface area (TPSA) is 35.8 Å². The zero-order chi connectivity index (χ0) is 12.3. The minimum absolute atomic E-state index is 0.128. The maximum atomic E-state index is 9.16. The van der Waals surface area contributed by atoms with Crippen molar-refractivity contribution in [2.45, 2.75) is 31.7 Å². The van der Waals surface area contributed by atoms with Gasteiger partial charge in [0.1, 0.15) is 0 Å². The number of benzene rings is 1. The van der Waals surface area contributed by atoms with E-state index < -0.39 is 0 Å². The first-order chi connectivity index (χ1) is 8.22. The van der Waals surface area contributed by atoms with Gasteiger partial charge in [0.2, 0.25) is 0 Å². The number of nitrogens with zero attached hydrogens (tertiary/aromatic N) is 1. The van der Waals surface area contributed by atoms with Crippen LogP contribution >= 0.6 is 31.9 Å². The maximum absolute atomic E-state index is 9.16. The van der Waals surface area contributed by atoms with Crippen molar-refractivity contribution in [3.05, 3.63) is 27.1 Å². The van der Waals surface area contributed by atoms with E-state index in [9.17, 15) is 0 Å². The molecule has 17 heavy (non-hydrogen) atoms. The van der Waals surface area contributed by atoms with E-state index in [2.05, 4.69) is 43.2 Å². The van der Waals surface area contributed by atoms with Crippen LogP contribution in [0.1, 0.15) is 25.7 Å². The van der Waals surface area contributed by atoms with Gasteiger partial charge in [0.15, 0.2) is 0 Å². The van der Waals surface area contributed by atoms with E-state index in [1.165, 1.54) is 12.8 Å². The molecule has 2 atom stereocenters. The molecule has 0 heterocycles. The van der Waals surface area contributed by atoms with Crippen LogP contribution in [0.2, 0.25) is 0 Å². The van der Waals surface area contributed by atoms with Crippen LogP contribution in [0.3, 0.4) is 0 Å². The molecule has 0 aliphatic heterocycles. The average Bonchev–Trinajstić information content (AvgIpc) is 2.34. The van der Waals surface area contributed by atoms with E-state index in [-0.39, 0.29) is 12.0 Å². The quantitative estimate of drug-likeness (QED) is 0.832. The Labute approximate surface area is 119 Å². The summed E-state index contributed by atoms with van der Waals surface area (Å²) in [5.41, 5.74) is 1.06. The highest BCUT2D eigenvalue weighted by Crippen LogP contribution is 2.34. The van der Waals surface area contributed by atoms with Gasteiger partial charge in [-0.2, -0.15) is 5.26 Å². The molecule has 1 aliphatic rings.